The number of ketones is 1. The number of aromatic nitrogens is 4. The number of ether oxygens (including phenoxy) is 1. The van der Waals surface area contributed by atoms with Crippen molar-refractivity contribution in [3.63, 3.8) is 0 Å². The molecule has 2 aromatic carbocycles. The van der Waals surface area contributed by atoms with Crippen LogP contribution < -0.4 is 15.2 Å². The number of anilines is 2. The van der Waals surface area contributed by atoms with Gasteiger partial charge in [-0.3, -0.25) is 4.79 Å². The van der Waals surface area contributed by atoms with Crippen molar-refractivity contribution in [2.24, 2.45) is 0 Å². The van der Waals surface area contributed by atoms with Gasteiger partial charge in [0.25, 0.3) is 0 Å². The van der Waals surface area contributed by atoms with Crippen LogP contribution in [0.25, 0.3) is 16.6 Å². The van der Waals surface area contributed by atoms with Crippen LogP contribution in [-0.4, -0.2) is 31.3 Å². The number of nitrogen functional groups attached to an aromatic ring is 1. The Balaban J connectivity index is 1.35. The molecule has 0 aliphatic carbocycles. The number of aromatic amines is 1. The number of H-pyrrole nitrogens is 1. The van der Waals surface area contributed by atoms with Crippen LogP contribution in [0.5, 0.6) is 11.6 Å². The molecule has 5 aromatic rings. The molecule has 3 heterocycles. The number of nitrogens with one attached hydrogen (secondary N) is 2. The van der Waals surface area contributed by atoms with Gasteiger partial charge in [0.1, 0.15) is 5.82 Å². The van der Waals surface area contributed by atoms with Crippen LogP contribution in [0.1, 0.15) is 41.4 Å². The molecular formula is C28H26F2N6O2S. The largest absolute Gasteiger partial charge is 0.436 e. The Labute approximate surface area is 227 Å². The smallest absolute Gasteiger partial charge is 0.219 e. The summed E-state index contributed by atoms with van der Waals surface area (Å²) in [5, 5.41) is 5.21. The molecule has 0 aliphatic heterocycles. The molecule has 0 amide bonds. The molecule has 0 atom stereocenters. The normalized spacial score (nSPS) is 11.2. The molecule has 8 nitrogen and oxygen atoms in total. The Kier molecular flexibility index (Phi) is 7.51. The topological polar surface area (TPSA) is 111 Å². The molecule has 0 saturated carbocycles. The van der Waals surface area contributed by atoms with Crippen molar-refractivity contribution in [3.8, 4) is 17.3 Å². The third kappa shape index (κ3) is 5.44. The van der Waals surface area contributed by atoms with Crippen LogP contribution in [0.3, 0.4) is 0 Å². The fraction of sp³-hybridized carbons (Fsp3) is 0.179. The SMILES string of the molecule is CCCCSNc1ccc2cc(C(=O)c3cnn(-c4cnc(Oc5cccc(F)c5F)cc4C)c3N)[nH]c2c1. The predicted molar refractivity (Wildman–Crippen MR) is 150 cm³/mol. The molecule has 0 unspecified atom stereocenters. The summed E-state index contributed by atoms with van der Waals surface area (Å²) in [4.78, 5) is 20.7. The minimum Gasteiger partial charge on any atom is -0.436 e. The van der Waals surface area contributed by atoms with E-state index in [-0.39, 0.29) is 28.8 Å². The number of aryl methyl sites for hydroxylation is 1. The number of pyridine rings is 1. The van der Waals surface area contributed by atoms with Crippen molar-refractivity contribution >= 4 is 40.1 Å². The van der Waals surface area contributed by atoms with Gasteiger partial charge in [0.05, 0.1) is 29.3 Å². The van der Waals surface area contributed by atoms with Gasteiger partial charge in [-0.25, -0.2) is 14.1 Å². The Bertz CT molecular complexity index is 1670. The lowest BCUT2D eigenvalue weighted by Crippen LogP contribution is -2.09. The zero-order chi connectivity index (χ0) is 27.5. The minimum absolute atomic E-state index is 0.0680. The van der Waals surface area contributed by atoms with Gasteiger partial charge in [-0.2, -0.15) is 9.49 Å². The van der Waals surface area contributed by atoms with Crippen molar-refractivity contribution in [2.45, 2.75) is 26.7 Å². The number of carbonyl (C=O) groups excluding carboxylic acids is 1. The first kappa shape index (κ1) is 26.2. The minimum atomic E-state index is -1.10. The molecule has 0 saturated heterocycles. The fourth-order valence-corrected chi connectivity index (χ4v) is 4.84. The maximum Gasteiger partial charge on any atom is 0.219 e. The van der Waals surface area contributed by atoms with Gasteiger partial charge in [-0.15, -0.1) is 0 Å². The van der Waals surface area contributed by atoms with E-state index in [0.717, 1.165) is 41.3 Å². The number of nitrogens with two attached hydrogens (primary N) is 1. The number of unbranched alkanes of at least 4 members (excludes halogenated alkanes) is 1. The highest BCUT2D eigenvalue weighted by Crippen LogP contribution is 2.29. The maximum absolute atomic E-state index is 14.0. The third-order valence-electron chi connectivity index (χ3n) is 6.13. The summed E-state index contributed by atoms with van der Waals surface area (Å²) in [5.41, 5.74) is 9.90. The van der Waals surface area contributed by atoms with Crippen LogP contribution in [0.15, 0.2) is 60.9 Å². The lowest BCUT2D eigenvalue weighted by atomic mass is 10.1. The van der Waals surface area contributed by atoms with E-state index in [1.165, 1.54) is 29.2 Å². The van der Waals surface area contributed by atoms with Gasteiger partial charge < -0.3 is 20.2 Å². The second-order valence-electron chi connectivity index (χ2n) is 8.94. The lowest BCUT2D eigenvalue weighted by Gasteiger charge is -2.11. The van der Waals surface area contributed by atoms with Crippen LogP contribution in [0, 0.1) is 18.6 Å². The second-order valence-corrected chi connectivity index (χ2v) is 9.84. The number of nitrogens with zero attached hydrogens (tertiary/aromatic N) is 3. The Morgan fingerprint density at radius 1 is 1.18 bits per heavy atom. The van der Waals surface area contributed by atoms with Gasteiger partial charge in [-0.1, -0.05) is 37.4 Å². The predicted octanol–water partition coefficient (Wildman–Crippen LogP) is 6.80. The van der Waals surface area contributed by atoms with E-state index in [9.17, 15) is 13.6 Å². The third-order valence-corrected chi connectivity index (χ3v) is 7.00. The van der Waals surface area contributed by atoms with E-state index in [1.807, 2.05) is 18.2 Å². The Hall–Kier alpha value is -4.38. The zero-order valence-corrected chi connectivity index (χ0v) is 22.1. The van der Waals surface area contributed by atoms with E-state index >= 15 is 0 Å². The summed E-state index contributed by atoms with van der Waals surface area (Å²) in [6.07, 6.45) is 5.13. The summed E-state index contributed by atoms with van der Waals surface area (Å²) in [5.74, 6) is -1.47. The van der Waals surface area contributed by atoms with Crippen LogP contribution in [0.4, 0.5) is 20.3 Å². The van der Waals surface area contributed by atoms with Gasteiger partial charge in [0.2, 0.25) is 17.5 Å². The summed E-state index contributed by atoms with van der Waals surface area (Å²) in [7, 11) is 0. The number of fused-ring (bicyclic) bond motifs is 1. The molecule has 0 bridgehead atoms. The number of rotatable bonds is 10. The molecule has 0 spiro atoms. The Morgan fingerprint density at radius 2 is 2.03 bits per heavy atom. The number of hydrogen-bond acceptors (Lipinski definition) is 7. The van der Waals surface area contributed by atoms with Crippen molar-refractivity contribution in [3.05, 3.63) is 89.4 Å². The summed E-state index contributed by atoms with van der Waals surface area (Å²) >= 11 is 1.65. The first-order valence-corrected chi connectivity index (χ1v) is 13.3. The van der Waals surface area contributed by atoms with E-state index in [0.29, 0.717) is 16.9 Å². The average Bonchev–Trinajstić information content (AvgIpc) is 3.52. The lowest BCUT2D eigenvalue weighted by molar-refractivity contribution is 0.103. The maximum atomic E-state index is 14.0. The van der Waals surface area contributed by atoms with Crippen LogP contribution >= 0.6 is 11.9 Å². The number of carbonyl (C=O) groups is 1. The van der Waals surface area contributed by atoms with Crippen LogP contribution in [-0.2, 0) is 0 Å². The molecule has 4 N–H and O–H groups in total. The molecular weight excluding hydrogens is 522 g/mol. The van der Waals surface area contributed by atoms with Crippen molar-refractivity contribution in [1.29, 1.82) is 0 Å². The molecule has 5 rings (SSSR count). The molecule has 0 fully saturated rings. The summed E-state index contributed by atoms with van der Waals surface area (Å²) < 4.78 is 37.6. The van der Waals surface area contributed by atoms with Crippen molar-refractivity contribution in [1.82, 2.24) is 19.7 Å². The van der Waals surface area contributed by atoms with Gasteiger partial charge in [0, 0.05) is 28.4 Å². The highest BCUT2D eigenvalue weighted by Gasteiger charge is 2.21. The van der Waals surface area contributed by atoms with E-state index in [1.54, 1.807) is 31.0 Å². The molecule has 3 aromatic heterocycles. The number of halogens is 2. The van der Waals surface area contributed by atoms with Crippen LogP contribution in [0.2, 0.25) is 0 Å². The molecule has 39 heavy (non-hydrogen) atoms. The fourth-order valence-electron chi connectivity index (χ4n) is 4.01. The van der Waals surface area contributed by atoms with Gasteiger partial charge in [0.15, 0.2) is 11.6 Å². The molecule has 0 aliphatic rings. The summed E-state index contributed by atoms with van der Waals surface area (Å²) in [6, 6.07) is 12.9. The quantitative estimate of drug-likeness (QED) is 0.1000. The van der Waals surface area contributed by atoms with E-state index in [4.69, 9.17) is 10.5 Å². The van der Waals surface area contributed by atoms with E-state index in [2.05, 4.69) is 26.7 Å². The molecule has 200 valence electrons. The molecule has 11 heteroatoms. The molecule has 0 radical (unpaired) electrons. The first-order chi connectivity index (χ1) is 18.9. The number of hydrogen-bond donors (Lipinski definition) is 3. The zero-order valence-electron chi connectivity index (χ0n) is 21.3. The van der Waals surface area contributed by atoms with Gasteiger partial charge >= 0.3 is 0 Å². The second kappa shape index (κ2) is 11.2. The monoisotopic (exact) mass is 548 g/mol. The van der Waals surface area contributed by atoms with Gasteiger partial charge in [-0.05, 0) is 49.2 Å². The standard InChI is InChI=1S/C28H26F2N6O2S/c1-3-4-10-39-35-18-9-8-17-12-22(34-21(17)13-18)27(37)19-14-33-36(28(19)31)23-15-32-25(11-16(23)2)38-24-7-5-6-20(29)26(24)30/h5-9,11-15,34-35H,3-4,10,31H2,1-2H3. The van der Waals surface area contributed by atoms with E-state index < -0.39 is 11.6 Å². The van der Waals surface area contributed by atoms with Crippen molar-refractivity contribution < 1.29 is 18.3 Å². The highest BCUT2D eigenvalue weighted by molar-refractivity contribution is 8.00. The average molecular weight is 549 g/mol. The Morgan fingerprint density at radius 3 is 2.82 bits per heavy atom. The summed E-state index contributed by atoms with van der Waals surface area (Å²) in [6.45, 7) is 3.92. The highest BCUT2D eigenvalue weighted by atomic mass is 32.2. The number of benzene rings is 2. The van der Waals surface area contributed by atoms with Crippen molar-refractivity contribution in [2.75, 3.05) is 16.2 Å². The first-order valence-electron chi connectivity index (χ1n) is 12.3.